The van der Waals surface area contributed by atoms with Gasteiger partial charge in [-0.3, -0.25) is 0 Å². The van der Waals surface area contributed by atoms with Crippen LogP contribution in [0.5, 0.6) is 0 Å². The molecular weight excluding hydrogens is 743 g/mol. The Morgan fingerprint density at radius 3 is 2.09 bits per heavy atom. The molecule has 3 unspecified atom stereocenters. The zero-order chi connectivity index (χ0) is 39.9. The van der Waals surface area contributed by atoms with Crippen LogP contribution < -0.4 is 19.7 Å². The summed E-state index contributed by atoms with van der Waals surface area (Å²) in [6, 6.07) is 47.1. The van der Waals surface area contributed by atoms with E-state index in [2.05, 4.69) is 214 Å². The summed E-state index contributed by atoms with van der Waals surface area (Å²) in [6.07, 6.45) is 12.1. The summed E-state index contributed by atoms with van der Waals surface area (Å²) in [6.45, 7) is 10.1. The summed E-state index contributed by atoms with van der Waals surface area (Å²) in [7, 11) is 5.87. The van der Waals surface area contributed by atoms with Gasteiger partial charge in [0.1, 0.15) is 36.2 Å². The molecule has 1 aliphatic heterocycles. The third-order valence-electron chi connectivity index (χ3n) is 12.1. The molecule has 1 aliphatic rings. The molecule has 0 aliphatic carbocycles. The molecule has 0 spiro atoms. The summed E-state index contributed by atoms with van der Waals surface area (Å²) in [5.41, 5.74) is 17.1. The van der Waals surface area contributed by atoms with Crippen LogP contribution in [-0.4, -0.2) is 9.13 Å². The second kappa shape index (κ2) is 16.1. The first kappa shape index (κ1) is 38.1. The molecule has 0 saturated carbocycles. The number of fused-ring (bicyclic) bond motifs is 5. The first-order chi connectivity index (χ1) is 28.3. The van der Waals surface area contributed by atoms with Gasteiger partial charge in [-0.05, 0) is 89.8 Å². The van der Waals surface area contributed by atoms with Crippen LogP contribution in [0.4, 0.5) is 0 Å². The molecule has 0 radical (unpaired) electrons. The summed E-state index contributed by atoms with van der Waals surface area (Å²) < 4.78 is 9.73. The van der Waals surface area contributed by atoms with Crippen molar-refractivity contribution in [1.29, 1.82) is 0 Å². The molecular formula is C52H52N4P2+2. The third-order valence-corrected chi connectivity index (χ3v) is 13.9. The molecule has 0 fully saturated rings. The number of nitrogens with zero attached hydrogens (tertiary/aromatic N) is 4. The highest BCUT2D eigenvalue weighted by Gasteiger charge is 2.32. The van der Waals surface area contributed by atoms with Crippen LogP contribution in [0, 0.1) is 13.8 Å². The Kier molecular flexibility index (Phi) is 10.6. The predicted octanol–water partition coefficient (Wildman–Crippen LogP) is 10.7. The number of rotatable bonds is 9. The molecule has 0 saturated heterocycles. The van der Waals surface area contributed by atoms with Crippen LogP contribution in [0.2, 0.25) is 0 Å². The van der Waals surface area contributed by atoms with E-state index < -0.39 is 0 Å². The molecule has 2 aromatic heterocycles. The summed E-state index contributed by atoms with van der Waals surface area (Å²) in [4.78, 5) is 0. The van der Waals surface area contributed by atoms with Gasteiger partial charge in [0.15, 0.2) is 0 Å². The minimum atomic E-state index is 0.331. The smallest absolute Gasteiger partial charge is 0.232 e. The topological polar surface area (TPSA) is 17.6 Å². The van der Waals surface area contributed by atoms with Gasteiger partial charge in [0, 0.05) is 21.7 Å². The molecule has 6 aromatic carbocycles. The van der Waals surface area contributed by atoms with Crippen molar-refractivity contribution in [2.45, 2.75) is 59.2 Å². The minimum Gasteiger partial charge on any atom is -0.232 e. The highest BCUT2D eigenvalue weighted by molar-refractivity contribution is 7.46. The van der Waals surface area contributed by atoms with Gasteiger partial charge >= 0.3 is 0 Å². The number of benzene rings is 6. The molecule has 4 nitrogen and oxygen atoms in total. The fourth-order valence-corrected chi connectivity index (χ4v) is 10.9. The van der Waals surface area contributed by atoms with E-state index in [9.17, 15) is 0 Å². The lowest BCUT2D eigenvalue weighted by molar-refractivity contribution is -0.686. The molecule has 9 rings (SSSR count). The van der Waals surface area contributed by atoms with Gasteiger partial charge in [-0.15, -0.1) is 9.24 Å². The first-order valence-corrected chi connectivity index (χ1v) is 22.4. The maximum absolute atomic E-state index is 3.03. The number of para-hydroxylation sites is 1. The van der Waals surface area contributed by atoms with Gasteiger partial charge in [-0.1, -0.05) is 138 Å². The zero-order valence-corrected chi connectivity index (χ0v) is 36.4. The SMILES string of the molecule is CCc1cccc(C)c1-c1n(-c2c(P)cccc2-c2ccccc2)cc[n+]1CCC(C)c1cc2c(c(-c3ccccc3)c1)-n1cc[n+](C)c1-c1c(C)cccc1CP2. The van der Waals surface area contributed by atoms with Gasteiger partial charge < -0.3 is 0 Å². The highest BCUT2D eigenvalue weighted by Crippen LogP contribution is 2.41. The van der Waals surface area contributed by atoms with E-state index in [1.165, 1.54) is 94.8 Å². The zero-order valence-electron chi connectivity index (χ0n) is 34.2. The van der Waals surface area contributed by atoms with Crippen molar-refractivity contribution in [1.82, 2.24) is 9.13 Å². The maximum Gasteiger partial charge on any atom is 0.294 e. The standard InChI is InChI=1S/C52H52N4P2/c1-6-38-22-13-16-36(3)47(38)52-54(29-31-55(52)49-43(24-15-25-45(49)57)39-18-9-7-10-19-39)27-26-35(2)42-32-44(40-20-11-8-12-21-40)50-46(33-42)58-34-41-23-14-17-37(4)48(41)51-53(5)28-30-56(50)51/h7-25,28-33,35,58H,6,26-27,34,57H2,1-5H3/q+2. The number of imidazole rings is 2. The van der Waals surface area contributed by atoms with Crippen LogP contribution in [0.15, 0.2) is 152 Å². The fourth-order valence-electron chi connectivity index (χ4n) is 9.09. The van der Waals surface area contributed by atoms with Gasteiger partial charge in [0.2, 0.25) is 0 Å². The van der Waals surface area contributed by atoms with Crippen LogP contribution >= 0.6 is 17.8 Å². The molecule has 0 amide bonds. The second-order valence-electron chi connectivity index (χ2n) is 15.8. The molecule has 3 heterocycles. The predicted molar refractivity (Wildman–Crippen MR) is 248 cm³/mol. The number of aryl methyl sites for hydroxylation is 5. The van der Waals surface area contributed by atoms with Crippen LogP contribution in [0.3, 0.4) is 0 Å². The van der Waals surface area contributed by atoms with Crippen LogP contribution in [0.1, 0.15) is 54.0 Å². The van der Waals surface area contributed by atoms with Gasteiger partial charge in [-0.25, -0.2) is 9.13 Å². The van der Waals surface area contributed by atoms with Crippen molar-refractivity contribution in [2.24, 2.45) is 7.05 Å². The fraction of sp³-hybridized carbons (Fsp3) is 0.192. The number of aromatic nitrogens is 4. The molecule has 0 N–H and O–H groups in total. The van der Waals surface area contributed by atoms with E-state index in [1.807, 2.05) is 0 Å². The van der Waals surface area contributed by atoms with Crippen molar-refractivity contribution >= 4 is 28.4 Å². The van der Waals surface area contributed by atoms with Crippen LogP contribution in [0.25, 0.3) is 56.4 Å². The average molecular weight is 795 g/mol. The Labute approximate surface area is 347 Å². The average Bonchev–Trinajstić information content (AvgIpc) is 3.83. The van der Waals surface area contributed by atoms with Crippen molar-refractivity contribution in [2.75, 3.05) is 0 Å². The quantitative estimate of drug-likeness (QED) is 0.102. The number of hydrogen-bond acceptors (Lipinski definition) is 0. The molecule has 0 bridgehead atoms. The Morgan fingerprint density at radius 1 is 0.690 bits per heavy atom. The first-order valence-electron chi connectivity index (χ1n) is 20.6. The lowest BCUT2D eigenvalue weighted by Gasteiger charge is -2.22. The summed E-state index contributed by atoms with van der Waals surface area (Å²) >= 11 is 0. The molecule has 3 atom stereocenters. The van der Waals surface area contributed by atoms with Crippen LogP contribution in [-0.2, 0) is 26.2 Å². The lowest BCUT2D eigenvalue weighted by atomic mass is 9.92. The summed E-state index contributed by atoms with van der Waals surface area (Å²) in [5.74, 6) is 2.81. The largest absolute Gasteiger partial charge is 0.294 e. The van der Waals surface area contributed by atoms with Crippen molar-refractivity contribution in [3.05, 3.63) is 180 Å². The van der Waals surface area contributed by atoms with E-state index in [-0.39, 0.29) is 0 Å². The second-order valence-corrected chi connectivity index (χ2v) is 17.7. The molecule has 6 heteroatoms. The van der Waals surface area contributed by atoms with E-state index in [4.69, 9.17) is 0 Å². The van der Waals surface area contributed by atoms with Crippen molar-refractivity contribution < 1.29 is 9.13 Å². The van der Waals surface area contributed by atoms with E-state index in [1.54, 1.807) is 0 Å². The normalized spacial score (nSPS) is 13.1. The van der Waals surface area contributed by atoms with E-state index >= 15 is 0 Å². The van der Waals surface area contributed by atoms with Crippen molar-refractivity contribution in [3.63, 3.8) is 0 Å². The molecule has 58 heavy (non-hydrogen) atoms. The van der Waals surface area contributed by atoms with Gasteiger partial charge in [0.05, 0.1) is 24.7 Å². The summed E-state index contributed by atoms with van der Waals surface area (Å²) in [5, 5.41) is 2.61. The maximum atomic E-state index is 3.03. The minimum absolute atomic E-state index is 0.331. The Morgan fingerprint density at radius 2 is 1.34 bits per heavy atom. The van der Waals surface area contributed by atoms with Crippen molar-refractivity contribution in [3.8, 4) is 56.4 Å². The Balaban J connectivity index is 1.15. The highest BCUT2D eigenvalue weighted by atomic mass is 31.1. The van der Waals surface area contributed by atoms with Gasteiger partial charge in [0.25, 0.3) is 11.6 Å². The monoisotopic (exact) mass is 794 g/mol. The van der Waals surface area contributed by atoms with E-state index in [0.717, 1.165) is 25.5 Å². The molecule has 288 valence electrons. The molecule has 8 aromatic rings. The number of hydrogen-bond donors (Lipinski definition) is 0. The Bertz CT molecular complexity index is 2780. The van der Waals surface area contributed by atoms with E-state index in [0.29, 0.717) is 14.5 Å². The third kappa shape index (κ3) is 6.87. The lowest BCUT2D eigenvalue weighted by Crippen LogP contribution is -2.36. The Hall–Kier alpha value is -5.40. The van der Waals surface area contributed by atoms with Gasteiger partial charge in [-0.2, -0.15) is 9.13 Å².